The number of hydrogen-bond acceptors (Lipinski definition) is 4. The predicted octanol–water partition coefficient (Wildman–Crippen LogP) is 0.477. The summed E-state index contributed by atoms with van der Waals surface area (Å²) < 4.78 is 9.90. The first kappa shape index (κ1) is 11.0. The van der Waals surface area contributed by atoms with Crippen molar-refractivity contribution in [3.8, 4) is 0 Å². The summed E-state index contributed by atoms with van der Waals surface area (Å²) in [7, 11) is 0. The molecule has 0 saturated carbocycles. The Morgan fingerprint density at radius 2 is 2.21 bits per heavy atom. The molecule has 0 aromatic carbocycles. The fourth-order valence-electron chi connectivity index (χ4n) is 1.02. The number of aldehydes is 1. The van der Waals surface area contributed by atoms with Gasteiger partial charge in [-0.05, 0) is 20.8 Å². The Morgan fingerprint density at radius 1 is 1.57 bits per heavy atom. The molecule has 80 valence electrons. The third-order valence-corrected chi connectivity index (χ3v) is 1.70. The van der Waals surface area contributed by atoms with Crippen molar-refractivity contribution in [2.75, 3.05) is 6.61 Å². The van der Waals surface area contributed by atoms with Crippen molar-refractivity contribution in [2.24, 2.45) is 0 Å². The zero-order valence-corrected chi connectivity index (χ0v) is 8.57. The van der Waals surface area contributed by atoms with Gasteiger partial charge in [0.2, 0.25) is 0 Å². The standard InChI is InChI=1S/C9H15NO4/c1-9(2,3)14-8(12)10-6-5-13-7(6)4-11/h4,6-7H,5H2,1-3H3,(H,10,12)/t6-,7+/m0/s1. The highest BCUT2D eigenvalue weighted by atomic mass is 16.6. The lowest BCUT2D eigenvalue weighted by Gasteiger charge is -2.33. The van der Waals surface area contributed by atoms with Gasteiger partial charge in [-0.3, -0.25) is 0 Å². The van der Waals surface area contributed by atoms with Gasteiger partial charge >= 0.3 is 6.09 Å². The topological polar surface area (TPSA) is 64.6 Å². The van der Waals surface area contributed by atoms with Gasteiger partial charge in [-0.2, -0.15) is 0 Å². The maximum Gasteiger partial charge on any atom is 0.408 e. The van der Waals surface area contributed by atoms with E-state index in [0.29, 0.717) is 12.9 Å². The summed E-state index contributed by atoms with van der Waals surface area (Å²) in [5.74, 6) is 0. The molecule has 5 heteroatoms. The van der Waals surface area contributed by atoms with Crippen LogP contribution in [0.2, 0.25) is 0 Å². The fourth-order valence-corrected chi connectivity index (χ4v) is 1.02. The van der Waals surface area contributed by atoms with Crippen molar-refractivity contribution >= 4 is 12.4 Å². The maximum absolute atomic E-state index is 11.2. The second-order valence-electron chi connectivity index (χ2n) is 4.19. The highest BCUT2D eigenvalue weighted by Gasteiger charge is 2.34. The number of hydrogen-bond donors (Lipinski definition) is 1. The molecule has 0 unspecified atom stereocenters. The van der Waals surface area contributed by atoms with Crippen LogP contribution in [0.1, 0.15) is 20.8 Å². The maximum atomic E-state index is 11.2. The lowest BCUT2D eigenvalue weighted by molar-refractivity contribution is -0.136. The molecule has 1 N–H and O–H groups in total. The van der Waals surface area contributed by atoms with E-state index in [0.717, 1.165) is 0 Å². The van der Waals surface area contributed by atoms with Crippen molar-refractivity contribution < 1.29 is 19.1 Å². The van der Waals surface area contributed by atoms with Crippen LogP contribution >= 0.6 is 0 Å². The zero-order valence-electron chi connectivity index (χ0n) is 8.57. The van der Waals surface area contributed by atoms with E-state index >= 15 is 0 Å². The van der Waals surface area contributed by atoms with E-state index in [-0.39, 0.29) is 6.04 Å². The van der Waals surface area contributed by atoms with Crippen molar-refractivity contribution in [1.82, 2.24) is 5.32 Å². The third kappa shape index (κ3) is 2.99. The van der Waals surface area contributed by atoms with E-state index in [1.54, 1.807) is 20.8 Å². The van der Waals surface area contributed by atoms with Crippen LogP contribution in [0.3, 0.4) is 0 Å². The monoisotopic (exact) mass is 201 g/mol. The molecule has 2 atom stereocenters. The van der Waals surface area contributed by atoms with Gasteiger partial charge in [0.05, 0.1) is 12.6 Å². The smallest absolute Gasteiger partial charge is 0.408 e. The molecule has 5 nitrogen and oxygen atoms in total. The molecule has 0 aromatic rings. The molecule has 0 radical (unpaired) electrons. The Bertz CT molecular complexity index is 233. The molecule has 0 aromatic heterocycles. The Hall–Kier alpha value is -1.10. The quantitative estimate of drug-likeness (QED) is 0.660. The minimum absolute atomic E-state index is 0.248. The van der Waals surface area contributed by atoms with E-state index in [9.17, 15) is 9.59 Å². The molecule has 1 aliphatic rings. The van der Waals surface area contributed by atoms with Gasteiger partial charge in [-0.15, -0.1) is 0 Å². The number of carbonyl (C=O) groups is 2. The van der Waals surface area contributed by atoms with Gasteiger partial charge in [0, 0.05) is 0 Å². The third-order valence-electron chi connectivity index (χ3n) is 1.70. The number of alkyl carbamates (subject to hydrolysis) is 1. The summed E-state index contributed by atoms with van der Waals surface area (Å²) in [6.45, 7) is 5.70. The molecule has 0 aliphatic carbocycles. The molecule has 1 rings (SSSR count). The second-order valence-corrected chi connectivity index (χ2v) is 4.19. The van der Waals surface area contributed by atoms with E-state index in [1.807, 2.05) is 0 Å². The molecular formula is C9H15NO4. The Morgan fingerprint density at radius 3 is 2.57 bits per heavy atom. The molecule has 1 fully saturated rings. The fraction of sp³-hybridized carbons (Fsp3) is 0.778. The van der Waals surface area contributed by atoms with Gasteiger partial charge in [0.1, 0.15) is 11.7 Å². The van der Waals surface area contributed by atoms with E-state index in [4.69, 9.17) is 9.47 Å². The molecule has 1 heterocycles. The summed E-state index contributed by atoms with van der Waals surface area (Å²) >= 11 is 0. The highest BCUT2D eigenvalue weighted by molar-refractivity contribution is 5.70. The average molecular weight is 201 g/mol. The average Bonchev–Trinajstić information content (AvgIpc) is 1.96. The lowest BCUT2D eigenvalue weighted by atomic mass is 10.1. The van der Waals surface area contributed by atoms with Crippen LogP contribution in [0.15, 0.2) is 0 Å². The first-order valence-corrected chi connectivity index (χ1v) is 4.49. The van der Waals surface area contributed by atoms with Crippen LogP contribution in [0.25, 0.3) is 0 Å². The molecule has 1 saturated heterocycles. The first-order chi connectivity index (χ1) is 6.42. The first-order valence-electron chi connectivity index (χ1n) is 4.49. The molecular weight excluding hydrogens is 186 g/mol. The van der Waals surface area contributed by atoms with Crippen LogP contribution in [0.5, 0.6) is 0 Å². The lowest BCUT2D eigenvalue weighted by Crippen LogP contribution is -2.57. The minimum atomic E-state index is -0.525. The van der Waals surface area contributed by atoms with Crippen molar-refractivity contribution in [3.63, 3.8) is 0 Å². The Kier molecular flexibility index (Phi) is 3.10. The molecule has 14 heavy (non-hydrogen) atoms. The molecule has 0 spiro atoms. The van der Waals surface area contributed by atoms with Crippen LogP contribution < -0.4 is 5.32 Å². The van der Waals surface area contributed by atoms with E-state index in [2.05, 4.69) is 5.32 Å². The number of nitrogens with one attached hydrogen (secondary N) is 1. The van der Waals surface area contributed by atoms with Crippen molar-refractivity contribution in [3.05, 3.63) is 0 Å². The van der Waals surface area contributed by atoms with Gasteiger partial charge in [-0.25, -0.2) is 4.79 Å². The highest BCUT2D eigenvalue weighted by Crippen LogP contribution is 2.12. The van der Waals surface area contributed by atoms with Crippen molar-refractivity contribution in [2.45, 2.75) is 38.5 Å². The molecule has 0 bridgehead atoms. The van der Waals surface area contributed by atoms with Crippen LogP contribution in [0, 0.1) is 0 Å². The Balaban J connectivity index is 2.31. The summed E-state index contributed by atoms with van der Waals surface area (Å²) in [6.07, 6.45) is -0.369. The SMILES string of the molecule is CC(C)(C)OC(=O)N[C@H]1CO[C@@H]1C=O. The largest absolute Gasteiger partial charge is 0.444 e. The van der Waals surface area contributed by atoms with E-state index < -0.39 is 17.8 Å². The van der Waals surface area contributed by atoms with Crippen LogP contribution in [0.4, 0.5) is 4.79 Å². The summed E-state index contributed by atoms with van der Waals surface area (Å²) in [6, 6.07) is -0.248. The minimum Gasteiger partial charge on any atom is -0.444 e. The predicted molar refractivity (Wildman–Crippen MR) is 49.0 cm³/mol. The zero-order chi connectivity index (χ0) is 10.8. The number of amides is 1. The van der Waals surface area contributed by atoms with Crippen molar-refractivity contribution in [1.29, 1.82) is 0 Å². The van der Waals surface area contributed by atoms with Gasteiger partial charge in [-0.1, -0.05) is 0 Å². The van der Waals surface area contributed by atoms with Gasteiger partial charge in [0.25, 0.3) is 0 Å². The second kappa shape index (κ2) is 3.96. The van der Waals surface area contributed by atoms with Gasteiger partial charge < -0.3 is 19.6 Å². The number of ether oxygens (including phenoxy) is 2. The number of rotatable bonds is 2. The normalized spacial score (nSPS) is 26.2. The summed E-state index contributed by atoms with van der Waals surface area (Å²) in [4.78, 5) is 21.6. The van der Waals surface area contributed by atoms with E-state index in [1.165, 1.54) is 0 Å². The van der Waals surface area contributed by atoms with Gasteiger partial charge in [0.15, 0.2) is 6.29 Å². The van der Waals surface area contributed by atoms with Crippen LogP contribution in [-0.2, 0) is 14.3 Å². The number of carbonyl (C=O) groups excluding carboxylic acids is 2. The summed E-state index contributed by atoms with van der Waals surface area (Å²) in [5, 5.41) is 2.56. The Labute approximate surface area is 82.8 Å². The summed E-state index contributed by atoms with van der Waals surface area (Å²) in [5.41, 5.74) is -0.522. The molecule has 1 amide bonds. The van der Waals surface area contributed by atoms with Crippen LogP contribution in [-0.4, -0.2) is 36.7 Å². The molecule has 1 aliphatic heterocycles.